The maximum absolute atomic E-state index is 5.87. The van der Waals surface area contributed by atoms with E-state index in [-0.39, 0.29) is 5.60 Å². The van der Waals surface area contributed by atoms with Gasteiger partial charge in [-0.1, -0.05) is 52.9 Å². The third-order valence-corrected chi connectivity index (χ3v) is 3.69. The average molecular weight is 304 g/mol. The van der Waals surface area contributed by atoms with Gasteiger partial charge in [-0.3, -0.25) is 0 Å². The molecular weight excluding hydrogens is 291 g/mol. The molecule has 1 saturated heterocycles. The summed E-state index contributed by atoms with van der Waals surface area (Å²) in [5.74, 6) is 0. The van der Waals surface area contributed by atoms with Gasteiger partial charge in [0.1, 0.15) is 5.60 Å². The fourth-order valence-electron chi connectivity index (χ4n) is 1.64. The van der Waals surface area contributed by atoms with Gasteiger partial charge in [0.25, 0.3) is 0 Å². The largest absolute Gasteiger partial charge is 0.376 e. The molecule has 2 nitrogen and oxygen atoms in total. The Morgan fingerprint density at radius 1 is 1.21 bits per heavy atom. The predicted octanol–water partition coefficient (Wildman–Crippen LogP) is 2.36. The van der Waals surface area contributed by atoms with Crippen LogP contribution in [-0.4, -0.2) is 24.2 Å². The summed E-state index contributed by atoms with van der Waals surface area (Å²) in [6.07, 6.45) is 0. The Morgan fingerprint density at radius 2 is 2.00 bits per heavy atom. The van der Waals surface area contributed by atoms with Crippen LogP contribution in [0.3, 0.4) is 0 Å². The van der Waals surface area contributed by atoms with Gasteiger partial charge in [0, 0.05) is 4.43 Å². The van der Waals surface area contributed by atoms with Crippen LogP contribution in [0.5, 0.6) is 0 Å². The topological polar surface area (TPSA) is 18.5 Å². The molecule has 0 aliphatic carbocycles. The molecule has 0 spiro atoms. The van der Waals surface area contributed by atoms with Crippen molar-refractivity contribution in [2.75, 3.05) is 24.2 Å². The zero-order valence-corrected chi connectivity index (χ0v) is 10.1. The van der Waals surface area contributed by atoms with Crippen molar-refractivity contribution in [3.05, 3.63) is 35.9 Å². The van der Waals surface area contributed by atoms with E-state index in [9.17, 15) is 0 Å². The number of benzene rings is 1. The third-order valence-electron chi connectivity index (χ3n) is 2.46. The van der Waals surface area contributed by atoms with Crippen molar-refractivity contribution in [2.24, 2.45) is 0 Å². The first-order chi connectivity index (χ1) is 6.87. The van der Waals surface area contributed by atoms with Crippen molar-refractivity contribution in [3.8, 4) is 0 Å². The zero-order valence-electron chi connectivity index (χ0n) is 7.91. The Morgan fingerprint density at radius 3 is 2.57 bits per heavy atom. The Labute approximate surface area is 97.7 Å². The van der Waals surface area contributed by atoms with Crippen molar-refractivity contribution in [1.82, 2.24) is 0 Å². The zero-order chi connectivity index (χ0) is 9.86. The van der Waals surface area contributed by atoms with Crippen molar-refractivity contribution in [3.63, 3.8) is 0 Å². The highest BCUT2D eigenvalue weighted by atomic mass is 127. The second kappa shape index (κ2) is 4.59. The average Bonchev–Trinajstić information content (AvgIpc) is 2.31. The highest BCUT2D eigenvalue weighted by molar-refractivity contribution is 14.1. The van der Waals surface area contributed by atoms with Crippen LogP contribution in [-0.2, 0) is 15.1 Å². The molecule has 14 heavy (non-hydrogen) atoms. The number of ether oxygens (including phenoxy) is 2. The van der Waals surface area contributed by atoms with E-state index in [4.69, 9.17) is 9.47 Å². The first-order valence-electron chi connectivity index (χ1n) is 4.71. The predicted molar refractivity (Wildman–Crippen MR) is 63.8 cm³/mol. The molecule has 1 aliphatic heterocycles. The number of halogens is 1. The smallest absolute Gasteiger partial charge is 0.125 e. The van der Waals surface area contributed by atoms with E-state index in [1.54, 1.807) is 0 Å². The van der Waals surface area contributed by atoms with Crippen LogP contribution >= 0.6 is 22.6 Å². The highest BCUT2D eigenvalue weighted by Crippen LogP contribution is 2.30. The Kier molecular flexibility index (Phi) is 3.41. The molecule has 0 bridgehead atoms. The van der Waals surface area contributed by atoms with Crippen LogP contribution in [0, 0.1) is 0 Å². The van der Waals surface area contributed by atoms with Gasteiger partial charge >= 0.3 is 0 Å². The second-order valence-electron chi connectivity index (χ2n) is 3.39. The standard InChI is InChI=1S/C11H13IO2/c12-8-11(9-13-6-7-14-11)10-4-2-1-3-5-10/h1-5H,6-9H2. The quantitative estimate of drug-likeness (QED) is 0.617. The number of rotatable bonds is 2. The van der Waals surface area contributed by atoms with Crippen LogP contribution in [0.25, 0.3) is 0 Å². The molecule has 2 rings (SSSR count). The fourth-order valence-corrected chi connectivity index (χ4v) is 2.52. The van der Waals surface area contributed by atoms with Crippen molar-refractivity contribution < 1.29 is 9.47 Å². The van der Waals surface area contributed by atoms with E-state index >= 15 is 0 Å². The van der Waals surface area contributed by atoms with Crippen LogP contribution in [0.1, 0.15) is 5.56 Å². The van der Waals surface area contributed by atoms with Gasteiger partial charge < -0.3 is 9.47 Å². The van der Waals surface area contributed by atoms with Gasteiger partial charge in [-0.25, -0.2) is 0 Å². The summed E-state index contributed by atoms with van der Waals surface area (Å²) in [6, 6.07) is 10.3. The van der Waals surface area contributed by atoms with Crippen LogP contribution in [0.15, 0.2) is 30.3 Å². The molecule has 0 N–H and O–H groups in total. The molecule has 0 radical (unpaired) electrons. The van der Waals surface area contributed by atoms with Gasteiger partial charge in [-0.2, -0.15) is 0 Å². The van der Waals surface area contributed by atoms with E-state index in [1.807, 2.05) is 18.2 Å². The molecule has 3 heteroatoms. The maximum atomic E-state index is 5.87. The lowest BCUT2D eigenvalue weighted by molar-refractivity contribution is -0.148. The second-order valence-corrected chi connectivity index (χ2v) is 4.16. The normalized spacial score (nSPS) is 27.5. The summed E-state index contributed by atoms with van der Waals surface area (Å²) in [7, 11) is 0. The van der Waals surface area contributed by atoms with Gasteiger partial charge in [0.15, 0.2) is 0 Å². The molecular formula is C11H13IO2. The molecule has 76 valence electrons. The molecule has 1 heterocycles. The Balaban J connectivity index is 2.27. The third kappa shape index (κ3) is 1.94. The molecule has 1 atom stereocenters. The van der Waals surface area contributed by atoms with E-state index in [2.05, 4.69) is 34.7 Å². The first kappa shape index (κ1) is 10.4. The molecule has 1 unspecified atom stereocenters. The number of hydrogen-bond acceptors (Lipinski definition) is 2. The van der Waals surface area contributed by atoms with Gasteiger partial charge in [0.05, 0.1) is 19.8 Å². The molecule has 1 aromatic rings. The van der Waals surface area contributed by atoms with Crippen LogP contribution in [0.4, 0.5) is 0 Å². The SMILES string of the molecule is ICC1(c2ccccc2)COCCO1. The van der Waals surface area contributed by atoms with Crippen molar-refractivity contribution in [2.45, 2.75) is 5.60 Å². The number of alkyl halides is 1. The Bertz CT molecular complexity index is 281. The number of hydrogen-bond donors (Lipinski definition) is 0. The molecule has 1 aromatic carbocycles. The molecule has 1 aliphatic rings. The lowest BCUT2D eigenvalue weighted by Gasteiger charge is -2.36. The summed E-state index contributed by atoms with van der Waals surface area (Å²) in [5.41, 5.74) is 0.995. The van der Waals surface area contributed by atoms with Crippen LogP contribution in [0.2, 0.25) is 0 Å². The molecule has 1 fully saturated rings. The van der Waals surface area contributed by atoms with E-state index < -0.39 is 0 Å². The highest BCUT2D eigenvalue weighted by Gasteiger charge is 2.34. The lowest BCUT2D eigenvalue weighted by atomic mass is 9.96. The van der Waals surface area contributed by atoms with E-state index in [0.29, 0.717) is 19.8 Å². The minimum atomic E-state index is -0.222. The minimum absolute atomic E-state index is 0.222. The molecule has 0 aromatic heterocycles. The van der Waals surface area contributed by atoms with E-state index in [0.717, 1.165) is 4.43 Å². The summed E-state index contributed by atoms with van der Waals surface area (Å²) in [4.78, 5) is 0. The van der Waals surface area contributed by atoms with E-state index in [1.165, 1.54) is 5.56 Å². The summed E-state index contributed by atoms with van der Waals surface area (Å²) < 4.78 is 12.3. The summed E-state index contributed by atoms with van der Waals surface area (Å²) >= 11 is 2.36. The Hall–Kier alpha value is -0.130. The fraction of sp³-hybridized carbons (Fsp3) is 0.455. The monoisotopic (exact) mass is 304 g/mol. The minimum Gasteiger partial charge on any atom is -0.376 e. The van der Waals surface area contributed by atoms with Gasteiger partial charge in [-0.05, 0) is 5.56 Å². The van der Waals surface area contributed by atoms with Crippen LogP contribution < -0.4 is 0 Å². The summed E-state index contributed by atoms with van der Waals surface area (Å²) in [5, 5.41) is 0. The summed E-state index contributed by atoms with van der Waals surface area (Å²) in [6.45, 7) is 2.07. The maximum Gasteiger partial charge on any atom is 0.125 e. The lowest BCUT2D eigenvalue weighted by Crippen LogP contribution is -2.42. The van der Waals surface area contributed by atoms with Crippen molar-refractivity contribution in [1.29, 1.82) is 0 Å². The first-order valence-corrected chi connectivity index (χ1v) is 6.23. The van der Waals surface area contributed by atoms with Crippen molar-refractivity contribution >= 4 is 22.6 Å². The van der Waals surface area contributed by atoms with Gasteiger partial charge in [-0.15, -0.1) is 0 Å². The molecule has 0 amide bonds. The molecule has 0 saturated carbocycles. The van der Waals surface area contributed by atoms with Gasteiger partial charge in [0.2, 0.25) is 0 Å².